The number of ether oxygens (including phenoxy) is 1. The lowest BCUT2D eigenvalue weighted by Crippen LogP contribution is -2.57. The molecule has 1 aromatic carbocycles. The number of nitrogens with zero attached hydrogens (tertiary/aromatic N) is 2. The first-order valence-corrected chi connectivity index (χ1v) is 17.2. The number of carboxylic acids is 1. The monoisotopic (exact) mass is 703 g/mol. The fourth-order valence-electron chi connectivity index (χ4n) is 5.83. The minimum atomic E-state index is -1.14. The molecule has 50 heavy (non-hydrogen) atoms. The number of amides is 4. The standard InChI is InChI=1S/C36H57N5O9/c1-21(2)30(34(48)49-26-16-14-25(15-17-26)24(5)50-41(35(6,7)8)36(9,10)11)39-32(46)27-13-12-20-40(27)33(47)23(4)38-31(45)22(3)37-28(42)18-19-29(43)44/h14-17,21-24,27,30H,12-13,18-20H2,1-11H3,(H,37,42)(H,38,45)(H,39,46)(H,43,44)/t22-,23-,24?,27-,30-/m0/s1. The number of hydrogen-bond acceptors (Lipinski definition) is 9. The Bertz CT molecular complexity index is 1350. The molecule has 1 heterocycles. The zero-order chi connectivity index (χ0) is 38.1. The maximum Gasteiger partial charge on any atom is 0.334 e. The average Bonchev–Trinajstić information content (AvgIpc) is 3.50. The molecule has 1 unspecified atom stereocenters. The molecule has 0 aliphatic carbocycles. The highest BCUT2D eigenvalue weighted by Gasteiger charge is 2.39. The van der Waals surface area contributed by atoms with Crippen LogP contribution >= 0.6 is 0 Å². The van der Waals surface area contributed by atoms with E-state index in [1.54, 1.807) is 26.0 Å². The Morgan fingerprint density at radius 2 is 1.44 bits per heavy atom. The van der Waals surface area contributed by atoms with Crippen LogP contribution in [0, 0.1) is 5.92 Å². The molecule has 1 fully saturated rings. The second-order valence-electron chi connectivity index (χ2n) is 15.2. The van der Waals surface area contributed by atoms with E-state index in [1.807, 2.05) is 24.1 Å². The van der Waals surface area contributed by atoms with Crippen LogP contribution in [0.2, 0.25) is 0 Å². The van der Waals surface area contributed by atoms with Crippen molar-refractivity contribution in [2.45, 2.75) is 143 Å². The van der Waals surface area contributed by atoms with Crippen molar-refractivity contribution in [2.24, 2.45) is 5.92 Å². The van der Waals surface area contributed by atoms with Crippen LogP contribution in [-0.4, -0.2) is 92.4 Å². The van der Waals surface area contributed by atoms with Gasteiger partial charge >= 0.3 is 11.9 Å². The van der Waals surface area contributed by atoms with E-state index in [9.17, 15) is 28.8 Å². The third-order valence-electron chi connectivity index (χ3n) is 8.17. The van der Waals surface area contributed by atoms with Gasteiger partial charge in [-0.15, -0.1) is 0 Å². The number of esters is 1. The van der Waals surface area contributed by atoms with Crippen molar-refractivity contribution in [1.82, 2.24) is 25.9 Å². The molecular weight excluding hydrogens is 646 g/mol. The molecule has 280 valence electrons. The average molecular weight is 704 g/mol. The van der Waals surface area contributed by atoms with Gasteiger partial charge in [0.15, 0.2) is 0 Å². The molecular formula is C36H57N5O9. The summed E-state index contributed by atoms with van der Waals surface area (Å²) in [6, 6.07) is 3.15. The Balaban J connectivity index is 2.02. The number of carbonyl (C=O) groups excluding carboxylic acids is 5. The van der Waals surface area contributed by atoms with Gasteiger partial charge in [-0.05, 0) is 98.8 Å². The molecule has 5 atom stereocenters. The summed E-state index contributed by atoms with van der Waals surface area (Å²) in [5.41, 5.74) is 0.421. The lowest BCUT2D eigenvalue weighted by atomic mass is 10.00. The predicted octanol–water partition coefficient (Wildman–Crippen LogP) is 3.49. The van der Waals surface area contributed by atoms with Gasteiger partial charge in [0.2, 0.25) is 23.6 Å². The Labute approximate surface area is 295 Å². The maximum absolute atomic E-state index is 13.5. The molecule has 1 aliphatic heterocycles. The smallest absolute Gasteiger partial charge is 0.334 e. The molecule has 4 N–H and O–H groups in total. The number of hydroxylamine groups is 2. The zero-order valence-electron chi connectivity index (χ0n) is 31.4. The predicted molar refractivity (Wildman–Crippen MR) is 187 cm³/mol. The SMILES string of the molecule is CC(ON(C(C)(C)C)C(C)(C)C)c1ccc(OC(=O)[C@@H](NC(=O)[C@@H]2CCCN2C(=O)[C@H](C)NC(=O)[C@H](C)NC(=O)CCC(=O)O)C(C)C)cc1. The minimum Gasteiger partial charge on any atom is -0.481 e. The number of carboxylic acid groups (broad SMARTS) is 1. The van der Waals surface area contributed by atoms with Gasteiger partial charge in [0.25, 0.3) is 0 Å². The molecule has 0 radical (unpaired) electrons. The van der Waals surface area contributed by atoms with Gasteiger partial charge < -0.3 is 30.7 Å². The Morgan fingerprint density at radius 1 is 0.860 bits per heavy atom. The first-order valence-electron chi connectivity index (χ1n) is 17.2. The van der Waals surface area contributed by atoms with E-state index < -0.39 is 59.7 Å². The summed E-state index contributed by atoms with van der Waals surface area (Å²) in [6.45, 7) is 21.2. The summed E-state index contributed by atoms with van der Waals surface area (Å²) in [4.78, 5) is 83.0. The first-order chi connectivity index (χ1) is 23.0. The van der Waals surface area contributed by atoms with Crippen molar-refractivity contribution in [3.8, 4) is 5.75 Å². The van der Waals surface area contributed by atoms with Crippen LogP contribution in [0.15, 0.2) is 24.3 Å². The van der Waals surface area contributed by atoms with Crippen LogP contribution in [0.4, 0.5) is 0 Å². The molecule has 1 aliphatic rings. The van der Waals surface area contributed by atoms with Crippen LogP contribution < -0.4 is 20.7 Å². The van der Waals surface area contributed by atoms with Gasteiger partial charge in [0.1, 0.15) is 36.0 Å². The highest BCUT2D eigenvalue weighted by Crippen LogP contribution is 2.31. The number of likely N-dealkylation sites (tertiary alicyclic amines) is 1. The molecule has 2 rings (SSSR count). The summed E-state index contributed by atoms with van der Waals surface area (Å²) in [7, 11) is 0. The van der Waals surface area contributed by atoms with Crippen LogP contribution in [0.25, 0.3) is 0 Å². The summed E-state index contributed by atoms with van der Waals surface area (Å²) >= 11 is 0. The lowest BCUT2D eigenvalue weighted by molar-refractivity contribution is -0.283. The van der Waals surface area contributed by atoms with E-state index in [-0.39, 0.29) is 42.5 Å². The van der Waals surface area contributed by atoms with Crippen molar-refractivity contribution >= 4 is 35.6 Å². The second kappa shape index (κ2) is 17.8. The molecule has 14 heteroatoms. The highest BCUT2D eigenvalue weighted by atomic mass is 16.7. The molecule has 14 nitrogen and oxygen atoms in total. The topological polar surface area (TPSA) is 184 Å². The summed E-state index contributed by atoms with van der Waals surface area (Å²) in [5, 5.41) is 18.4. The van der Waals surface area contributed by atoms with E-state index >= 15 is 0 Å². The third-order valence-corrected chi connectivity index (χ3v) is 8.17. The summed E-state index contributed by atoms with van der Waals surface area (Å²) < 4.78 is 5.67. The van der Waals surface area contributed by atoms with E-state index in [0.29, 0.717) is 18.6 Å². The number of aliphatic carboxylic acids is 1. The summed E-state index contributed by atoms with van der Waals surface area (Å²) in [6.07, 6.45) is -0.00624. The Hall–Kier alpha value is -4.04. The molecule has 0 saturated carbocycles. The largest absolute Gasteiger partial charge is 0.481 e. The van der Waals surface area contributed by atoms with Crippen molar-refractivity contribution in [3.05, 3.63) is 29.8 Å². The van der Waals surface area contributed by atoms with Crippen molar-refractivity contribution < 1.29 is 43.4 Å². The highest BCUT2D eigenvalue weighted by molar-refractivity contribution is 5.95. The molecule has 0 bridgehead atoms. The van der Waals surface area contributed by atoms with E-state index in [0.717, 1.165) is 5.56 Å². The van der Waals surface area contributed by atoms with Gasteiger partial charge in [-0.3, -0.25) is 28.8 Å². The van der Waals surface area contributed by atoms with Crippen LogP contribution in [0.3, 0.4) is 0 Å². The number of rotatable bonds is 15. The zero-order valence-corrected chi connectivity index (χ0v) is 31.4. The van der Waals surface area contributed by atoms with Gasteiger partial charge in [-0.1, -0.05) is 26.0 Å². The number of nitrogens with one attached hydrogen (secondary N) is 3. The van der Waals surface area contributed by atoms with Crippen LogP contribution in [0.1, 0.15) is 114 Å². The van der Waals surface area contributed by atoms with Crippen LogP contribution in [0.5, 0.6) is 5.75 Å². The molecule has 4 amide bonds. The number of carbonyl (C=O) groups is 6. The van der Waals surface area contributed by atoms with Crippen LogP contribution in [-0.2, 0) is 33.6 Å². The van der Waals surface area contributed by atoms with Gasteiger partial charge in [0.05, 0.1) is 6.42 Å². The van der Waals surface area contributed by atoms with Gasteiger partial charge in [-0.2, -0.15) is 5.06 Å². The maximum atomic E-state index is 13.5. The van der Waals surface area contributed by atoms with Crippen molar-refractivity contribution in [3.63, 3.8) is 0 Å². The normalized spacial score (nSPS) is 17.5. The third kappa shape index (κ3) is 12.4. The molecule has 0 aromatic heterocycles. The molecule has 1 saturated heterocycles. The van der Waals surface area contributed by atoms with Crippen molar-refractivity contribution in [1.29, 1.82) is 0 Å². The second-order valence-corrected chi connectivity index (χ2v) is 15.2. The van der Waals surface area contributed by atoms with E-state index in [4.69, 9.17) is 14.7 Å². The Morgan fingerprint density at radius 3 is 1.96 bits per heavy atom. The van der Waals surface area contributed by atoms with Crippen molar-refractivity contribution in [2.75, 3.05) is 6.54 Å². The quantitative estimate of drug-likeness (QED) is 0.120. The van der Waals surface area contributed by atoms with Gasteiger partial charge in [-0.25, -0.2) is 4.79 Å². The molecule has 1 aromatic rings. The van der Waals surface area contributed by atoms with E-state index in [2.05, 4.69) is 57.5 Å². The number of benzene rings is 1. The Kier molecular flexibility index (Phi) is 15.0. The summed E-state index contributed by atoms with van der Waals surface area (Å²) in [5.74, 6) is -4.03. The van der Waals surface area contributed by atoms with Gasteiger partial charge in [0, 0.05) is 24.0 Å². The lowest BCUT2D eigenvalue weighted by Gasteiger charge is -2.45. The van der Waals surface area contributed by atoms with E-state index in [1.165, 1.54) is 18.7 Å². The fourth-order valence-corrected chi connectivity index (χ4v) is 5.83. The minimum absolute atomic E-state index is 0.235. The number of hydrogen-bond donors (Lipinski definition) is 4. The first kappa shape index (κ1) is 42.1. The fraction of sp³-hybridized carbons (Fsp3) is 0.667. The molecule has 0 spiro atoms.